The highest BCUT2D eigenvalue weighted by Crippen LogP contribution is 2.18. The Morgan fingerprint density at radius 3 is 2.62 bits per heavy atom. The number of carbonyl (C=O) groups is 1. The Bertz CT molecular complexity index is 191. The molecule has 0 aromatic carbocycles. The van der Waals surface area contributed by atoms with Gasteiger partial charge in [-0.2, -0.15) is 0 Å². The Morgan fingerprint density at radius 2 is 2.15 bits per heavy atom. The Morgan fingerprint density at radius 1 is 1.54 bits per heavy atom. The third kappa shape index (κ3) is 2.02. The van der Waals surface area contributed by atoms with Gasteiger partial charge in [-0.05, 0) is 19.3 Å². The zero-order valence-corrected chi connectivity index (χ0v) is 9.00. The number of nitrogens with zero attached hydrogens (tertiary/aromatic N) is 1. The van der Waals surface area contributed by atoms with Gasteiger partial charge in [-0.3, -0.25) is 10.1 Å². The summed E-state index contributed by atoms with van der Waals surface area (Å²) in [7, 11) is 0. The molecule has 0 aromatic rings. The van der Waals surface area contributed by atoms with Crippen molar-refractivity contribution in [2.45, 2.75) is 46.3 Å². The number of hydrogen-bond acceptors (Lipinski definition) is 2. The van der Waals surface area contributed by atoms with E-state index in [1.807, 2.05) is 4.90 Å². The molecular formula is C10H20N2O. The van der Waals surface area contributed by atoms with Crippen LogP contribution in [0.1, 0.15) is 34.1 Å². The van der Waals surface area contributed by atoms with E-state index in [1.54, 1.807) is 0 Å². The highest BCUT2D eigenvalue weighted by atomic mass is 16.2. The molecule has 1 heterocycles. The molecule has 0 spiro atoms. The van der Waals surface area contributed by atoms with Gasteiger partial charge in [-0.25, -0.2) is 0 Å². The lowest BCUT2D eigenvalue weighted by Gasteiger charge is -2.32. The fourth-order valence-corrected chi connectivity index (χ4v) is 1.81. The summed E-state index contributed by atoms with van der Waals surface area (Å²) >= 11 is 0. The molecule has 1 aliphatic rings. The normalized spacial score (nSPS) is 25.8. The van der Waals surface area contributed by atoms with Gasteiger partial charge in [0, 0.05) is 6.04 Å². The quantitative estimate of drug-likeness (QED) is 0.714. The average molecular weight is 184 g/mol. The van der Waals surface area contributed by atoms with Crippen molar-refractivity contribution in [2.24, 2.45) is 5.92 Å². The lowest BCUT2D eigenvalue weighted by atomic mass is 10.1. The van der Waals surface area contributed by atoms with E-state index in [0.29, 0.717) is 18.5 Å². The first-order valence-corrected chi connectivity index (χ1v) is 5.12. The molecule has 0 aliphatic carbocycles. The maximum absolute atomic E-state index is 11.6. The van der Waals surface area contributed by atoms with Crippen molar-refractivity contribution in [2.75, 3.05) is 6.54 Å². The maximum Gasteiger partial charge on any atom is 0.238 e. The molecule has 76 valence electrons. The van der Waals surface area contributed by atoms with E-state index in [4.69, 9.17) is 0 Å². The summed E-state index contributed by atoms with van der Waals surface area (Å²) in [5.41, 5.74) is 0. The molecule has 0 bridgehead atoms. The van der Waals surface area contributed by atoms with Crippen molar-refractivity contribution >= 4 is 5.91 Å². The van der Waals surface area contributed by atoms with E-state index in [1.165, 1.54) is 0 Å². The fraction of sp³-hybridized carbons (Fsp3) is 0.900. The molecular weight excluding hydrogens is 164 g/mol. The van der Waals surface area contributed by atoms with Crippen LogP contribution in [0.2, 0.25) is 0 Å². The zero-order chi connectivity index (χ0) is 10.0. The lowest BCUT2D eigenvalue weighted by molar-refractivity contribution is -0.130. The van der Waals surface area contributed by atoms with Gasteiger partial charge in [0.15, 0.2) is 0 Å². The third-order valence-electron chi connectivity index (χ3n) is 2.75. The topological polar surface area (TPSA) is 32.3 Å². The van der Waals surface area contributed by atoms with Crippen LogP contribution in [0.3, 0.4) is 0 Å². The molecule has 1 fully saturated rings. The molecule has 1 amide bonds. The highest BCUT2D eigenvalue weighted by Gasteiger charge is 2.34. The SMILES string of the molecule is CCC(C)N1C(=O)CNC1C(C)C. The number of amides is 1. The van der Waals surface area contributed by atoms with Crippen LogP contribution in [0.5, 0.6) is 0 Å². The van der Waals surface area contributed by atoms with Crippen LogP contribution in [0.4, 0.5) is 0 Å². The second kappa shape index (κ2) is 4.09. The first-order valence-electron chi connectivity index (χ1n) is 5.12. The van der Waals surface area contributed by atoms with Gasteiger partial charge in [-0.1, -0.05) is 20.8 Å². The molecule has 0 aromatic heterocycles. The van der Waals surface area contributed by atoms with E-state index < -0.39 is 0 Å². The monoisotopic (exact) mass is 184 g/mol. The first kappa shape index (κ1) is 10.5. The van der Waals surface area contributed by atoms with Crippen LogP contribution in [0.25, 0.3) is 0 Å². The summed E-state index contributed by atoms with van der Waals surface area (Å²) in [6.07, 6.45) is 1.26. The Balaban J connectivity index is 2.71. The van der Waals surface area contributed by atoms with Crippen molar-refractivity contribution in [1.29, 1.82) is 0 Å². The Kier molecular flexibility index (Phi) is 3.31. The minimum Gasteiger partial charge on any atom is -0.323 e. The zero-order valence-electron chi connectivity index (χ0n) is 9.00. The van der Waals surface area contributed by atoms with Gasteiger partial charge in [0.1, 0.15) is 0 Å². The molecule has 1 rings (SSSR count). The Hall–Kier alpha value is -0.570. The van der Waals surface area contributed by atoms with E-state index >= 15 is 0 Å². The molecule has 1 aliphatic heterocycles. The van der Waals surface area contributed by atoms with Crippen LogP contribution < -0.4 is 5.32 Å². The maximum atomic E-state index is 11.6. The third-order valence-corrected chi connectivity index (χ3v) is 2.75. The molecule has 2 unspecified atom stereocenters. The predicted octanol–water partition coefficient (Wildman–Crippen LogP) is 1.20. The smallest absolute Gasteiger partial charge is 0.238 e. The number of hydrogen-bond donors (Lipinski definition) is 1. The minimum absolute atomic E-state index is 0.238. The summed E-state index contributed by atoms with van der Waals surface area (Å²) < 4.78 is 0. The van der Waals surface area contributed by atoms with Gasteiger partial charge in [0.2, 0.25) is 5.91 Å². The second-order valence-electron chi connectivity index (χ2n) is 4.13. The standard InChI is InChI=1S/C10H20N2O/c1-5-8(4)12-9(13)6-11-10(12)7(2)3/h7-8,10-11H,5-6H2,1-4H3. The molecule has 1 N–H and O–H groups in total. The summed E-state index contributed by atoms with van der Waals surface area (Å²) in [6, 6.07) is 0.356. The first-order chi connectivity index (χ1) is 6.07. The van der Waals surface area contributed by atoms with Crippen LogP contribution in [0, 0.1) is 5.92 Å². The van der Waals surface area contributed by atoms with Gasteiger partial charge in [-0.15, -0.1) is 0 Å². The number of rotatable bonds is 3. The van der Waals surface area contributed by atoms with Crippen LogP contribution in [0.15, 0.2) is 0 Å². The molecule has 0 radical (unpaired) electrons. The van der Waals surface area contributed by atoms with Gasteiger partial charge >= 0.3 is 0 Å². The highest BCUT2D eigenvalue weighted by molar-refractivity contribution is 5.81. The molecule has 2 atom stereocenters. The lowest BCUT2D eigenvalue weighted by Crippen LogP contribution is -2.46. The van der Waals surface area contributed by atoms with Crippen molar-refractivity contribution in [3.05, 3.63) is 0 Å². The molecule has 0 saturated carbocycles. The summed E-state index contributed by atoms with van der Waals surface area (Å²) in [5.74, 6) is 0.730. The number of nitrogens with one attached hydrogen (secondary N) is 1. The molecule has 3 heteroatoms. The second-order valence-corrected chi connectivity index (χ2v) is 4.13. The molecule has 1 saturated heterocycles. The van der Waals surface area contributed by atoms with E-state index in [0.717, 1.165) is 6.42 Å². The van der Waals surface area contributed by atoms with Gasteiger partial charge < -0.3 is 4.90 Å². The summed E-state index contributed by atoms with van der Waals surface area (Å²) in [6.45, 7) is 9.03. The van der Waals surface area contributed by atoms with E-state index in [2.05, 4.69) is 33.0 Å². The minimum atomic E-state index is 0.238. The average Bonchev–Trinajstić information content (AvgIpc) is 2.46. The number of carbonyl (C=O) groups excluding carboxylic acids is 1. The van der Waals surface area contributed by atoms with Crippen LogP contribution in [-0.2, 0) is 4.79 Å². The van der Waals surface area contributed by atoms with Crippen molar-refractivity contribution in [3.8, 4) is 0 Å². The van der Waals surface area contributed by atoms with Crippen LogP contribution in [-0.4, -0.2) is 29.6 Å². The van der Waals surface area contributed by atoms with Crippen molar-refractivity contribution < 1.29 is 4.79 Å². The summed E-state index contributed by atoms with van der Waals surface area (Å²) in [5, 5.41) is 3.25. The summed E-state index contributed by atoms with van der Waals surface area (Å²) in [4.78, 5) is 13.5. The van der Waals surface area contributed by atoms with Crippen molar-refractivity contribution in [3.63, 3.8) is 0 Å². The largest absolute Gasteiger partial charge is 0.323 e. The van der Waals surface area contributed by atoms with Gasteiger partial charge in [0.25, 0.3) is 0 Å². The van der Waals surface area contributed by atoms with E-state index in [-0.39, 0.29) is 12.1 Å². The fourth-order valence-electron chi connectivity index (χ4n) is 1.81. The van der Waals surface area contributed by atoms with E-state index in [9.17, 15) is 4.79 Å². The van der Waals surface area contributed by atoms with Crippen molar-refractivity contribution in [1.82, 2.24) is 10.2 Å². The Labute approximate surface area is 80.5 Å². The molecule has 3 nitrogen and oxygen atoms in total. The molecule has 13 heavy (non-hydrogen) atoms. The van der Waals surface area contributed by atoms with Crippen LogP contribution >= 0.6 is 0 Å². The predicted molar refractivity (Wildman–Crippen MR) is 53.2 cm³/mol. The van der Waals surface area contributed by atoms with Gasteiger partial charge in [0.05, 0.1) is 12.7 Å².